The number of thiazole rings is 1. The first kappa shape index (κ1) is 14.6. The summed E-state index contributed by atoms with van der Waals surface area (Å²) in [6.45, 7) is 4.05. The van der Waals surface area contributed by atoms with Crippen molar-refractivity contribution < 1.29 is 8.78 Å². The molecule has 2 aromatic rings. The summed E-state index contributed by atoms with van der Waals surface area (Å²) in [4.78, 5) is 5.71. The number of benzene rings is 1. The van der Waals surface area contributed by atoms with Gasteiger partial charge in [0.05, 0.1) is 11.7 Å². The second-order valence-corrected chi connectivity index (χ2v) is 6.65. The van der Waals surface area contributed by atoms with E-state index in [0.717, 1.165) is 34.8 Å². The lowest BCUT2D eigenvalue weighted by Gasteiger charge is -2.18. The molecule has 1 aromatic heterocycles. The molecule has 0 saturated heterocycles. The summed E-state index contributed by atoms with van der Waals surface area (Å²) in [5.74, 6) is -1.03. The SMILES string of the molecule is CCc1nc(C(NC2CC2)c2c(F)cccc2F)sc1C. The van der Waals surface area contributed by atoms with Crippen molar-refractivity contribution in [2.75, 3.05) is 0 Å². The monoisotopic (exact) mass is 308 g/mol. The first-order valence-electron chi connectivity index (χ1n) is 7.26. The lowest BCUT2D eigenvalue weighted by molar-refractivity contribution is 0.500. The maximum absolute atomic E-state index is 14.1. The van der Waals surface area contributed by atoms with Crippen molar-refractivity contribution in [3.8, 4) is 0 Å². The van der Waals surface area contributed by atoms with Crippen LogP contribution in [0.5, 0.6) is 0 Å². The van der Waals surface area contributed by atoms with Crippen LogP contribution in [0.1, 0.15) is 46.9 Å². The van der Waals surface area contributed by atoms with Gasteiger partial charge in [0.2, 0.25) is 0 Å². The maximum atomic E-state index is 14.1. The molecule has 0 aliphatic heterocycles. The van der Waals surface area contributed by atoms with Gasteiger partial charge in [-0.3, -0.25) is 0 Å². The van der Waals surface area contributed by atoms with Crippen molar-refractivity contribution in [3.05, 3.63) is 51.0 Å². The molecule has 1 aliphatic carbocycles. The standard InChI is InChI=1S/C16H18F2N2S/c1-3-13-9(2)21-16(20-13)15(19-10-7-8-10)14-11(17)5-4-6-12(14)18/h4-6,10,15,19H,3,7-8H2,1-2H3. The van der Waals surface area contributed by atoms with E-state index in [0.29, 0.717) is 6.04 Å². The van der Waals surface area contributed by atoms with Gasteiger partial charge in [0.25, 0.3) is 0 Å². The van der Waals surface area contributed by atoms with Crippen LogP contribution >= 0.6 is 11.3 Å². The van der Waals surface area contributed by atoms with Gasteiger partial charge in [0, 0.05) is 16.5 Å². The molecule has 1 aromatic carbocycles. The zero-order chi connectivity index (χ0) is 15.0. The highest BCUT2D eigenvalue weighted by molar-refractivity contribution is 7.11. The van der Waals surface area contributed by atoms with Gasteiger partial charge in [-0.15, -0.1) is 11.3 Å². The van der Waals surface area contributed by atoms with Crippen molar-refractivity contribution in [2.24, 2.45) is 0 Å². The number of aromatic nitrogens is 1. The Morgan fingerprint density at radius 1 is 1.33 bits per heavy atom. The highest BCUT2D eigenvalue weighted by Gasteiger charge is 2.31. The molecule has 2 nitrogen and oxygen atoms in total. The number of hydrogen-bond acceptors (Lipinski definition) is 3. The quantitative estimate of drug-likeness (QED) is 0.898. The van der Waals surface area contributed by atoms with E-state index < -0.39 is 17.7 Å². The molecule has 112 valence electrons. The zero-order valence-electron chi connectivity index (χ0n) is 12.1. The Labute approximate surface area is 127 Å². The number of aryl methyl sites for hydroxylation is 2. The van der Waals surface area contributed by atoms with Crippen LogP contribution in [-0.4, -0.2) is 11.0 Å². The molecule has 0 bridgehead atoms. The predicted molar refractivity (Wildman–Crippen MR) is 80.6 cm³/mol. The number of nitrogens with one attached hydrogen (secondary N) is 1. The van der Waals surface area contributed by atoms with Crippen LogP contribution in [-0.2, 0) is 6.42 Å². The molecule has 1 aliphatic rings. The molecule has 0 spiro atoms. The van der Waals surface area contributed by atoms with Gasteiger partial charge < -0.3 is 5.32 Å². The minimum atomic E-state index is -0.515. The van der Waals surface area contributed by atoms with Crippen LogP contribution in [0.4, 0.5) is 8.78 Å². The van der Waals surface area contributed by atoms with E-state index in [1.165, 1.54) is 29.5 Å². The first-order chi connectivity index (χ1) is 10.1. The minimum absolute atomic E-state index is 0.0841. The fourth-order valence-corrected chi connectivity index (χ4v) is 3.53. The van der Waals surface area contributed by atoms with Crippen LogP contribution in [0.3, 0.4) is 0 Å². The Hall–Kier alpha value is -1.33. The number of halogens is 2. The van der Waals surface area contributed by atoms with E-state index in [1.807, 2.05) is 13.8 Å². The van der Waals surface area contributed by atoms with Gasteiger partial charge in [-0.25, -0.2) is 13.8 Å². The van der Waals surface area contributed by atoms with Gasteiger partial charge >= 0.3 is 0 Å². The molecule has 1 fully saturated rings. The highest BCUT2D eigenvalue weighted by atomic mass is 32.1. The summed E-state index contributed by atoms with van der Waals surface area (Å²) in [5.41, 5.74) is 1.09. The summed E-state index contributed by atoms with van der Waals surface area (Å²) in [6.07, 6.45) is 2.94. The van der Waals surface area contributed by atoms with E-state index in [2.05, 4.69) is 10.3 Å². The second-order valence-electron chi connectivity index (χ2n) is 5.42. The molecule has 1 heterocycles. The van der Waals surface area contributed by atoms with Crippen molar-refractivity contribution in [2.45, 2.75) is 45.2 Å². The van der Waals surface area contributed by atoms with Crippen LogP contribution in [0, 0.1) is 18.6 Å². The maximum Gasteiger partial charge on any atom is 0.131 e. The number of nitrogens with zero attached hydrogens (tertiary/aromatic N) is 1. The van der Waals surface area contributed by atoms with Gasteiger partial charge in [0.1, 0.15) is 16.6 Å². The van der Waals surface area contributed by atoms with Gasteiger partial charge in [-0.2, -0.15) is 0 Å². The Morgan fingerprint density at radius 2 is 2.00 bits per heavy atom. The predicted octanol–water partition coefficient (Wildman–Crippen LogP) is 4.13. The molecule has 21 heavy (non-hydrogen) atoms. The average Bonchev–Trinajstić information content (AvgIpc) is 3.18. The molecule has 1 atom stereocenters. The number of hydrogen-bond donors (Lipinski definition) is 1. The Morgan fingerprint density at radius 3 is 2.52 bits per heavy atom. The molecule has 0 amide bonds. The molecule has 0 radical (unpaired) electrons. The van der Waals surface area contributed by atoms with Crippen LogP contribution in [0.2, 0.25) is 0 Å². The molecule has 3 rings (SSSR count). The lowest BCUT2D eigenvalue weighted by Crippen LogP contribution is -2.26. The van der Waals surface area contributed by atoms with Gasteiger partial charge in [-0.1, -0.05) is 13.0 Å². The third kappa shape index (κ3) is 2.99. The second kappa shape index (κ2) is 5.81. The van der Waals surface area contributed by atoms with Crippen LogP contribution < -0.4 is 5.32 Å². The first-order valence-corrected chi connectivity index (χ1v) is 8.08. The smallest absolute Gasteiger partial charge is 0.131 e. The number of rotatable bonds is 5. The van der Waals surface area contributed by atoms with E-state index in [-0.39, 0.29) is 5.56 Å². The van der Waals surface area contributed by atoms with Crippen molar-refractivity contribution >= 4 is 11.3 Å². The summed E-state index contributed by atoms with van der Waals surface area (Å²) in [7, 11) is 0. The summed E-state index contributed by atoms with van der Waals surface area (Å²) in [6, 6.07) is 3.85. The summed E-state index contributed by atoms with van der Waals surface area (Å²) < 4.78 is 28.3. The largest absolute Gasteiger partial charge is 0.301 e. The third-order valence-corrected chi connectivity index (χ3v) is 4.84. The highest BCUT2D eigenvalue weighted by Crippen LogP contribution is 2.34. The Kier molecular flexibility index (Phi) is 4.04. The van der Waals surface area contributed by atoms with E-state index in [4.69, 9.17) is 0 Å². The lowest BCUT2D eigenvalue weighted by atomic mass is 10.1. The third-order valence-electron chi connectivity index (χ3n) is 3.76. The summed E-state index contributed by atoms with van der Waals surface area (Å²) >= 11 is 1.52. The molecule has 1 saturated carbocycles. The summed E-state index contributed by atoms with van der Waals surface area (Å²) in [5, 5.41) is 4.09. The van der Waals surface area contributed by atoms with E-state index in [9.17, 15) is 8.78 Å². The topological polar surface area (TPSA) is 24.9 Å². The van der Waals surface area contributed by atoms with E-state index in [1.54, 1.807) is 0 Å². The van der Waals surface area contributed by atoms with Crippen molar-refractivity contribution in [1.29, 1.82) is 0 Å². The molecule has 5 heteroatoms. The molecule has 1 unspecified atom stereocenters. The van der Waals surface area contributed by atoms with Crippen LogP contribution in [0.25, 0.3) is 0 Å². The zero-order valence-corrected chi connectivity index (χ0v) is 12.9. The van der Waals surface area contributed by atoms with Crippen molar-refractivity contribution in [1.82, 2.24) is 10.3 Å². The Bertz CT molecular complexity index is 629. The Balaban J connectivity index is 2.04. The molecule has 1 N–H and O–H groups in total. The molecular formula is C16H18F2N2S. The minimum Gasteiger partial charge on any atom is -0.301 e. The normalized spacial score (nSPS) is 16.2. The van der Waals surface area contributed by atoms with Crippen LogP contribution in [0.15, 0.2) is 18.2 Å². The van der Waals surface area contributed by atoms with Gasteiger partial charge in [-0.05, 0) is 38.3 Å². The van der Waals surface area contributed by atoms with E-state index >= 15 is 0 Å². The average molecular weight is 308 g/mol. The van der Waals surface area contributed by atoms with Crippen molar-refractivity contribution in [3.63, 3.8) is 0 Å². The van der Waals surface area contributed by atoms with Gasteiger partial charge in [0.15, 0.2) is 0 Å². The fraction of sp³-hybridized carbons (Fsp3) is 0.438. The fourth-order valence-electron chi connectivity index (χ4n) is 2.45. The molecular weight excluding hydrogens is 290 g/mol.